The quantitative estimate of drug-likeness (QED) is 0.895. The van der Waals surface area contributed by atoms with Gasteiger partial charge in [0.05, 0.1) is 12.1 Å². The zero-order valence-electron chi connectivity index (χ0n) is 11.4. The lowest BCUT2D eigenvalue weighted by molar-refractivity contribution is 0.0791. The average molecular weight is 302 g/mol. The summed E-state index contributed by atoms with van der Waals surface area (Å²) in [6.07, 6.45) is 0.918. The van der Waals surface area contributed by atoms with Gasteiger partial charge in [0.1, 0.15) is 0 Å². The maximum atomic E-state index is 12.3. The Morgan fingerprint density at radius 1 is 1.19 bits per heavy atom. The van der Waals surface area contributed by atoms with Crippen LogP contribution in [0.1, 0.15) is 33.9 Å². The lowest BCUT2D eigenvalue weighted by Crippen LogP contribution is -2.39. The molecule has 1 amide bonds. The molecule has 108 valence electrons. The third-order valence-corrected chi connectivity index (χ3v) is 4.09. The molecule has 1 aliphatic rings. The van der Waals surface area contributed by atoms with Crippen molar-refractivity contribution >= 4 is 17.5 Å². The number of aliphatic hydroxyl groups excluding tert-OH is 1. The van der Waals surface area contributed by atoms with Crippen LogP contribution in [0.15, 0.2) is 48.5 Å². The third-order valence-electron chi connectivity index (χ3n) is 3.86. The summed E-state index contributed by atoms with van der Waals surface area (Å²) in [6.45, 7) is 0. The predicted molar refractivity (Wildman–Crippen MR) is 82.4 cm³/mol. The van der Waals surface area contributed by atoms with E-state index in [-0.39, 0.29) is 11.9 Å². The number of fused-ring (bicyclic) bond motifs is 1. The molecule has 0 saturated carbocycles. The van der Waals surface area contributed by atoms with Gasteiger partial charge in [0.2, 0.25) is 0 Å². The number of carbonyl (C=O) groups excluding carboxylic acids is 1. The Hall–Kier alpha value is -1.84. The van der Waals surface area contributed by atoms with E-state index < -0.39 is 6.10 Å². The monoisotopic (exact) mass is 301 g/mol. The molecule has 21 heavy (non-hydrogen) atoms. The van der Waals surface area contributed by atoms with Crippen LogP contribution in [0.2, 0.25) is 5.02 Å². The van der Waals surface area contributed by atoms with Crippen molar-refractivity contribution in [2.75, 3.05) is 0 Å². The normalized spacial score (nSPS) is 20.7. The highest BCUT2D eigenvalue weighted by Gasteiger charge is 2.29. The summed E-state index contributed by atoms with van der Waals surface area (Å²) < 4.78 is 0. The first-order chi connectivity index (χ1) is 10.1. The van der Waals surface area contributed by atoms with Crippen LogP contribution in [0.4, 0.5) is 0 Å². The summed E-state index contributed by atoms with van der Waals surface area (Å²) in [4.78, 5) is 12.3. The lowest BCUT2D eigenvalue weighted by atomic mass is 9.85. The molecule has 2 aromatic carbocycles. The molecule has 3 rings (SSSR count). The summed E-state index contributed by atoms with van der Waals surface area (Å²) in [5, 5.41) is 13.7. The van der Waals surface area contributed by atoms with Crippen LogP contribution in [-0.4, -0.2) is 17.1 Å². The second-order valence-electron chi connectivity index (χ2n) is 5.27. The fraction of sp³-hybridized carbons (Fsp3) is 0.235. The highest BCUT2D eigenvalue weighted by Crippen LogP contribution is 2.30. The van der Waals surface area contributed by atoms with E-state index in [4.69, 9.17) is 11.6 Å². The van der Waals surface area contributed by atoms with Crippen LogP contribution < -0.4 is 5.32 Å². The molecule has 2 aromatic rings. The van der Waals surface area contributed by atoms with Crippen LogP contribution in [0.3, 0.4) is 0 Å². The molecule has 4 heteroatoms. The zero-order chi connectivity index (χ0) is 14.8. The number of amides is 1. The number of benzene rings is 2. The van der Waals surface area contributed by atoms with Gasteiger partial charge >= 0.3 is 0 Å². The smallest absolute Gasteiger partial charge is 0.251 e. The highest BCUT2D eigenvalue weighted by molar-refractivity contribution is 6.30. The fourth-order valence-corrected chi connectivity index (χ4v) is 2.96. The van der Waals surface area contributed by atoms with Gasteiger partial charge in [0.25, 0.3) is 5.91 Å². The van der Waals surface area contributed by atoms with Gasteiger partial charge in [-0.3, -0.25) is 4.79 Å². The molecule has 0 spiro atoms. The minimum atomic E-state index is -0.567. The van der Waals surface area contributed by atoms with E-state index >= 15 is 0 Å². The fourth-order valence-electron chi connectivity index (χ4n) is 2.77. The van der Waals surface area contributed by atoms with E-state index in [0.29, 0.717) is 17.0 Å². The number of halogens is 1. The van der Waals surface area contributed by atoms with Gasteiger partial charge in [-0.1, -0.05) is 41.9 Å². The topological polar surface area (TPSA) is 49.3 Å². The van der Waals surface area contributed by atoms with Crippen LogP contribution in [0, 0.1) is 0 Å². The Morgan fingerprint density at radius 3 is 2.81 bits per heavy atom. The lowest BCUT2D eigenvalue weighted by Gasteiger charge is -2.31. The number of aliphatic hydroxyl groups is 1. The van der Waals surface area contributed by atoms with Crippen molar-refractivity contribution in [1.29, 1.82) is 0 Å². The van der Waals surface area contributed by atoms with Gasteiger partial charge in [-0.15, -0.1) is 0 Å². The minimum absolute atomic E-state index is 0.224. The van der Waals surface area contributed by atoms with Crippen molar-refractivity contribution in [1.82, 2.24) is 5.32 Å². The van der Waals surface area contributed by atoms with Crippen LogP contribution in [0.5, 0.6) is 0 Å². The molecule has 3 nitrogen and oxygen atoms in total. The van der Waals surface area contributed by atoms with Gasteiger partial charge in [0, 0.05) is 10.6 Å². The first-order valence-electron chi connectivity index (χ1n) is 6.97. The van der Waals surface area contributed by atoms with Gasteiger partial charge in [0.15, 0.2) is 0 Å². The van der Waals surface area contributed by atoms with E-state index in [1.54, 1.807) is 24.3 Å². The van der Waals surface area contributed by atoms with Gasteiger partial charge in [-0.05, 0) is 42.2 Å². The summed E-state index contributed by atoms with van der Waals surface area (Å²) in [5.74, 6) is -0.224. The molecule has 0 radical (unpaired) electrons. The molecular formula is C17H16ClNO2. The van der Waals surface area contributed by atoms with Crippen molar-refractivity contribution in [3.05, 3.63) is 70.2 Å². The SMILES string of the molecule is O=C(NC1c2ccccc2CCC1O)c1cccc(Cl)c1. The second-order valence-corrected chi connectivity index (χ2v) is 5.70. The van der Waals surface area contributed by atoms with Crippen LogP contribution in [-0.2, 0) is 6.42 Å². The molecule has 0 aromatic heterocycles. The average Bonchev–Trinajstić information content (AvgIpc) is 2.50. The van der Waals surface area contributed by atoms with Crippen molar-refractivity contribution in [2.24, 2.45) is 0 Å². The highest BCUT2D eigenvalue weighted by atomic mass is 35.5. The summed E-state index contributed by atoms with van der Waals surface area (Å²) in [7, 11) is 0. The van der Waals surface area contributed by atoms with E-state index in [9.17, 15) is 9.90 Å². The van der Waals surface area contributed by atoms with Crippen molar-refractivity contribution < 1.29 is 9.90 Å². The molecule has 0 aliphatic heterocycles. The molecule has 0 saturated heterocycles. The molecule has 1 aliphatic carbocycles. The van der Waals surface area contributed by atoms with Crippen molar-refractivity contribution in [3.63, 3.8) is 0 Å². The predicted octanol–water partition coefficient (Wildman–Crippen LogP) is 3.12. The maximum absolute atomic E-state index is 12.3. The summed E-state index contributed by atoms with van der Waals surface area (Å²) in [5.41, 5.74) is 2.67. The Bertz CT molecular complexity index is 671. The standard InChI is InChI=1S/C17H16ClNO2/c18-13-6-3-5-12(10-13)17(21)19-16-14-7-2-1-4-11(14)8-9-15(16)20/h1-7,10,15-16,20H,8-9H2,(H,19,21). The van der Waals surface area contributed by atoms with E-state index in [1.165, 1.54) is 5.56 Å². The molecule has 0 bridgehead atoms. The largest absolute Gasteiger partial charge is 0.391 e. The molecule has 2 unspecified atom stereocenters. The summed E-state index contributed by atoms with van der Waals surface area (Å²) in [6, 6.07) is 14.3. The van der Waals surface area contributed by atoms with Crippen LogP contribution >= 0.6 is 11.6 Å². The van der Waals surface area contributed by atoms with Gasteiger partial charge < -0.3 is 10.4 Å². The minimum Gasteiger partial charge on any atom is -0.391 e. The number of aryl methyl sites for hydroxylation is 1. The zero-order valence-corrected chi connectivity index (χ0v) is 12.2. The molecule has 2 N–H and O–H groups in total. The first kappa shape index (κ1) is 14.1. The number of nitrogens with one attached hydrogen (secondary N) is 1. The Labute approximate surface area is 128 Å². The number of hydrogen-bond donors (Lipinski definition) is 2. The summed E-state index contributed by atoms with van der Waals surface area (Å²) >= 11 is 5.91. The van der Waals surface area contributed by atoms with Crippen LogP contribution in [0.25, 0.3) is 0 Å². The molecule has 0 heterocycles. The number of carbonyl (C=O) groups is 1. The number of rotatable bonds is 2. The van der Waals surface area contributed by atoms with E-state index in [0.717, 1.165) is 12.0 Å². The van der Waals surface area contributed by atoms with Gasteiger partial charge in [-0.25, -0.2) is 0 Å². The van der Waals surface area contributed by atoms with Gasteiger partial charge in [-0.2, -0.15) is 0 Å². The second kappa shape index (κ2) is 5.88. The third kappa shape index (κ3) is 2.94. The molecule has 0 fully saturated rings. The van der Waals surface area contributed by atoms with Crippen molar-refractivity contribution in [3.8, 4) is 0 Å². The molecule has 2 atom stereocenters. The first-order valence-corrected chi connectivity index (χ1v) is 7.35. The Balaban J connectivity index is 1.86. The molecular weight excluding hydrogens is 286 g/mol. The Kier molecular flexibility index (Phi) is 3.95. The maximum Gasteiger partial charge on any atom is 0.251 e. The van der Waals surface area contributed by atoms with Crippen molar-refractivity contribution in [2.45, 2.75) is 25.0 Å². The van der Waals surface area contributed by atoms with E-state index in [1.807, 2.05) is 24.3 Å². The van der Waals surface area contributed by atoms with E-state index in [2.05, 4.69) is 5.32 Å². The Morgan fingerprint density at radius 2 is 2.00 bits per heavy atom. The number of hydrogen-bond acceptors (Lipinski definition) is 2.